The molecule has 0 saturated heterocycles. The Balaban J connectivity index is 2.75. The van der Waals surface area contributed by atoms with E-state index in [0.717, 1.165) is 5.57 Å². The van der Waals surface area contributed by atoms with Crippen molar-refractivity contribution in [1.82, 2.24) is 4.90 Å². The quantitative estimate of drug-likeness (QED) is 0.757. The molecule has 0 aromatic rings. The number of carbonyl (C=O) groups excluding carboxylic acids is 1. The van der Waals surface area contributed by atoms with Crippen LogP contribution in [0.5, 0.6) is 0 Å². The molecular formula is C13H19NO3. The lowest BCUT2D eigenvalue weighted by Crippen LogP contribution is -2.40. The molecule has 1 N–H and O–H groups in total. The smallest absolute Gasteiger partial charge is 0.307 e. The first-order chi connectivity index (χ1) is 7.93. The zero-order valence-electron chi connectivity index (χ0n) is 10.3. The summed E-state index contributed by atoms with van der Waals surface area (Å²) in [6.07, 6.45) is 4.67. The molecule has 0 fully saturated rings. The van der Waals surface area contributed by atoms with Crippen LogP contribution in [0.4, 0.5) is 0 Å². The Bertz CT molecular complexity index is 360. The summed E-state index contributed by atoms with van der Waals surface area (Å²) in [6.45, 7) is 6.08. The normalized spacial score (nSPS) is 23.2. The predicted molar refractivity (Wildman–Crippen MR) is 65.4 cm³/mol. The SMILES string of the molecule is C=C(C)CN(C)C(=O)C1CC=CCC1C(=O)O. The fraction of sp³-hybridized carbons (Fsp3) is 0.538. The minimum absolute atomic E-state index is 0.107. The van der Waals surface area contributed by atoms with Crippen molar-refractivity contribution in [3.8, 4) is 0 Å². The summed E-state index contributed by atoms with van der Waals surface area (Å²) in [5.74, 6) is -2.04. The van der Waals surface area contributed by atoms with Crippen LogP contribution < -0.4 is 0 Å². The summed E-state index contributed by atoms with van der Waals surface area (Å²) >= 11 is 0. The van der Waals surface area contributed by atoms with Gasteiger partial charge in [0, 0.05) is 13.6 Å². The van der Waals surface area contributed by atoms with E-state index in [9.17, 15) is 9.59 Å². The number of nitrogens with zero attached hydrogens (tertiary/aromatic N) is 1. The molecule has 1 amide bonds. The highest BCUT2D eigenvalue weighted by Gasteiger charge is 2.35. The summed E-state index contributed by atoms with van der Waals surface area (Å²) in [4.78, 5) is 24.8. The molecular weight excluding hydrogens is 218 g/mol. The molecule has 0 aromatic heterocycles. The van der Waals surface area contributed by atoms with Crippen LogP contribution in [0.1, 0.15) is 19.8 Å². The van der Waals surface area contributed by atoms with Gasteiger partial charge >= 0.3 is 5.97 Å². The van der Waals surface area contributed by atoms with E-state index in [1.807, 2.05) is 19.1 Å². The van der Waals surface area contributed by atoms with Gasteiger partial charge in [-0.2, -0.15) is 0 Å². The van der Waals surface area contributed by atoms with Gasteiger partial charge in [-0.3, -0.25) is 9.59 Å². The maximum absolute atomic E-state index is 12.1. The van der Waals surface area contributed by atoms with Gasteiger partial charge in [0.2, 0.25) is 5.91 Å². The molecule has 0 saturated carbocycles. The molecule has 0 aliphatic heterocycles. The lowest BCUT2D eigenvalue weighted by Gasteiger charge is -2.28. The summed E-state index contributed by atoms with van der Waals surface area (Å²) in [5.41, 5.74) is 0.888. The van der Waals surface area contributed by atoms with Crippen LogP contribution in [0.15, 0.2) is 24.3 Å². The van der Waals surface area contributed by atoms with Crippen molar-refractivity contribution in [3.63, 3.8) is 0 Å². The lowest BCUT2D eigenvalue weighted by atomic mass is 9.82. The highest BCUT2D eigenvalue weighted by molar-refractivity contribution is 5.85. The first kappa shape index (κ1) is 13.5. The van der Waals surface area contributed by atoms with Crippen molar-refractivity contribution < 1.29 is 14.7 Å². The second kappa shape index (κ2) is 5.66. The van der Waals surface area contributed by atoms with Crippen molar-refractivity contribution in [2.45, 2.75) is 19.8 Å². The third kappa shape index (κ3) is 3.44. The molecule has 4 nitrogen and oxygen atoms in total. The number of amides is 1. The Kier molecular flexibility index (Phi) is 4.49. The fourth-order valence-electron chi connectivity index (χ4n) is 2.13. The van der Waals surface area contributed by atoms with Crippen molar-refractivity contribution in [1.29, 1.82) is 0 Å². The maximum atomic E-state index is 12.1. The van der Waals surface area contributed by atoms with Gasteiger partial charge in [-0.25, -0.2) is 0 Å². The van der Waals surface area contributed by atoms with Crippen LogP contribution >= 0.6 is 0 Å². The number of carbonyl (C=O) groups is 2. The van der Waals surface area contributed by atoms with Crippen LogP contribution in [0.25, 0.3) is 0 Å². The predicted octanol–water partition coefficient (Wildman–Crippen LogP) is 1.69. The minimum Gasteiger partial charge on any atom is -0.481 e. The molecule has 0 heterocycles. The Morgan fingerprint density at radius 2 is 1.88 bits per heavy atom. The Morgan fingerprint density at radius 1 is 1.35 bits per heavy atom. The van der Waals surface area contributed by atoms with Gasteiger partial charge in [-0.15, -0.1) is 0 Å². The molecule has 2 atom stereocenters. The molecule has 0 bridgehead atoms. The van der Waals surface area contributed by atoms with E-state index in [-0.39, 0.29) is 5.91 Å². The van der Waals surface area contributed by atoms with Crippen molar-refractivity contribution >= 4 is 11.9 Å². The number of likely N-dealkylation sites (N-methyl/N-ethyl adjacent to an activating group) is 1. The third-order valence-corrected chi connectivity index (χ3v) is 2.95. The zero-order valence-corrected chi connectivity index (χ0v) is 10.3. The lowest BCUT2D eigenvalue weighted by molar-refractivity contribution is -0.149. The van der Waals surface area contributed by atoms with E-state index in [2.05, 4.69) is 6.58 Å². The Hall–Kier alpha value is -1.58. The van der Waals surface area contributed by atoms with Crippen molar-refractivity contribution in [2.75, 3.05) is 13.6 Å². The van der Waals surface area contributed by atoms with Gasteiger partial charge in [0.1, 0.15) is 0 Å². The van der Waals surface area contributed by atoms with Crippen LogP contribution in [0.2, 0.25) is 0 Å². The summed E-state index contributed by atoms with van der Waals surface area (Å²) in [5, 5.41) is 9.10. The summed E-state index contributed by atoms with van der Waals surface area (Å²) in [7, 11) is 1.69. The van der Waals surface area contributed by atoms with E-state index in [4.69, 9.17) is 5.11 Å². The van der Waals surface area contributed by atoms with Gasteiger partial charge in [-0.05, 0) is 19.8 Å². The summed E-state index contributed by atoms with van der Waals surface area (Å²) in [6, 6.07) is 0. The number of rotatable bonds is 4. The number of aliphatic carboxylic acids is 1. The largest absolute Gasteiger partial charge is 0.481 e. The average Bonchev–Trinajstić information content (AvgIpc) is 2.27. The maximum Gasteiger partial charge on any atom is 0.307 e. The second-order valence-electron chi connectivity index (χ2n) is 4.65. The molecule has 0 aromatic carbocycles. The first-order valence-electron chi connectivity index (χ1n) is 5.70. The van der Waals surface area contributed by atoms with Crippen LogP contribution in [-0.4, -0.2) is 35.5 Å². The molecule has 17 heavy (non-hydrogen) atoms. The number of carboxylic acid groups (broad SMARTS) is 1. The highest BCUT2D eigenvalue weighted by atomic mass is 16.4. The van der Waals surface area contributed by atoms with E-state index in [1.54, 1.807) is 11.9 Å². The Morgan fingerprint density at radius 3 is 2.35 bits per heavy atom. The number of hydrogen-bond acceptors (Lipinski definition) is 2. The van der Waals surface area contributed by atoms with E-state index in [1.165, 1.54) is 0 Å². The topological polar surface area (TPSA) is 57.6 Å². The number of carboxylic acids is 1. The van der Waals surface area contributed by atoms with E-state index < -0.39 is 17.8 Å². The highest BCUT2D eigenvalue weighted by Crippen LogP contribution is 2.27. The van der Waals surface area contributed by atoms with Crippen molar-refractivity contribution in [2.24, 2.45) is 11.8 Å². The van der Waals surface area contributed by atoms with Crippen LogP contribution in [0, 0.1) is 11.8 Å². The fourth-order valence-corrected chi connectivity index (χ4v) is 2.13. The molecule has 4 heteroatoms. The van der Waals surface area contributed by atoms with Crippen LogP contribution in [0.3, 0.4) is 0 Å². The van der Waals surface area contributed by atoms with Gasteiger partial charge in [0.15, 0.2) is 0 Å². The first-order valence-corrected chi connectivity index (χ1v) is 5.70. The molecule has 1 aliphatic rings. The molecule has 0 spiro atoms. The van der Waals surface area contributed by atoms with E-state index >= 15 is 0 Å². The molecule has 0 radical (unpaired) electrons. The van der Waals surface area contributed by atoms with Gasteiger partial charge < -0.3 is 10.0 Å². The monoisotopic (exact) mass is 237 g/mol. The van der Waals surface area contributed by atoms with Gasteiger partial charge in [0.05, 0.1) is 11.8 Å². The molecule has 94 valence electrons. The van der Waals surface area contributed by atoms with Gasteiger partial charge in [0.25, 0.3) is 0 Å². The minimum atomic E-state index is -0.892. The van der Waals surface area contributed by atoms with Crippen molar-refractivity contribution in [3.05, 3.63) is 24.3 Å². The standard InChI is InChI=1S/C13H19NO3/c1-9(2)8-14(3)12(15)10-6-4-5-7-11(10)13(16)17/h4-5,10-11H,1,6-8H2,2-3H3,(H,16,17). The molecule has 1 rings (SSSR count). The molecule has 1 aliphatic carbocycles. The zero-order chi connectivity index (χ0) is 13.0. The molecule has 2 unspecified atom stereocenters. The number of allylic oxidation sites excluding steroid dienone is 2. The third-order valence-electron chi connectivity index (χ3n) is 2.95. The van der Waals surface area contributed by atoms with E-state index in [0.29, 0.717) is 19.4 Å². The summed E-state index contributed by atoms with van der Waals surface area (Å²) < 4.78 is 0. The second-order valence-corrected chi connectivity index (χ2v) is 4.65. The Labute approximate surface area is 102 Å². The number of hydrogen-bond donors (Lipinski definition) is 1. The van der Waals surface area contributed by atoms with Gasteiger partial charge in [-0.1, -0.05) is 24.3 Å². The van der Waals surface area contributed by atoms with Crippen LogP contribution in [-0.2, 0) is 9.59 Å². The average molecular weight is 237 g/mol.